The van der Waals surface area contributed by atoms with Crippen LogP contribution in [0.1, 0.15) is 26.5 Å². The van der Waals surface area contributed by atoms with E-state index >= 15 is 0 Å². The smallest absolute Gasteiger partial charge is 0.144 e. The van der Waals surface area contributed by atoms with Gasteiger partial charge in [-0.1, -0.05) is 13.8 Å². The molecule has 72 valence electrons. The molecular weight excluding hydrogens is 233 g/mol. The summed E-state index contributed by atoms with van der Waals surface area (Å²) in [5, 5.41) is 0. The first-order valence-electron chi connectivity index (χ1n) is 4.18. The van der Waals surface area contributed by atoms with Crippen LogP contribution in [0.5, 0.6) is 0 Å². The summed E-state index contributed by atoms with van der Waals surface area (Å²) in [6.07, 6.45) is 2.95. The van der Waals surface area contributed by atoms with Crippen LogP contribution in [-0.4, -0.2) is 4.98 Å². The van der Waals surface area contributed by atoms with Gasteiger partial charge in [-0.25, -0.2) is 4.39 Å². The fourth-order valence-corrected chi connectivity index (χ4v) is 0.900. The molecule has 0 atom stereocenters. The summed E-state index contributed by atoms with van der Waals surface area (Å²) < 4.78 is 13.6. The molecule has 0 saturated carbocycles. The highest BCUT2D eigenvalue weighted by molar-refractivity contribution is 9.10. The predicted octanol–water partition coefficient (Wildman–Crippen LogP) is 4.20. The average molecular weight is 246 g/mol. The van der Waals surface area contributed by atoms with Crippen molar-refractivity contribution in [2.45, 2.75) is 20.8 Å². The summed E-state index contributed by atoms with van der Waals surface area (Å²) in [5.41, 5.74) is 0.371. The summed E-state index contributed by atoms with van der Waals surface area (Å²) in [7, 11) is 0. The minimum Gasteiger partial charge on any atom is -0.253 e. The highest BCUT2D eigenvalue weighted by Gasteiger charge is 1.98. The highest BCUT2D eigenvalue weighted by atomic mass is 79.9. The first kappa shape index (κ1) is 12.3. The van der Waals surface area contributed by atoms with Gasteiger partial charge in [0.1, 0.15) is 5.83 Å². The molecule has 1 nitrogen and oxygen atoms in total. The second-order valence-corrected chi connectivity index (χ2v) is 2.91. The van der Waals surface area contributed by atoms with E-state index in [9.17, 15) is 4.39 Å². The average Bonchev–Trinajstić information content (AvgIpc) is 2.21. The van der Waals surface area contributed by atoms with E-state index < -0.39 is 0 Å². The number of nitrogens with zero attached hydrogens (tertiary/aromatic N) is 1. The minimum atomic E-state index is -0.294. The zero-order valence-electron chi connectivity index (χ0n) is 8.01. The Morgan fingerprint density at radius 3 is 2.46 bits per heavy atom. The van der Waals surface area contributed by atoms with Gasteiger partial charge in [-0.3, -0.25) is 4.98 Å². The second kappa shape index (κ2) is 6.78. The number of halogens is 2. The van der Waals surface area contributed by atoms with Crippen LogP contribution in [0.4, 0.5) is 4.39 Å². The zero-order chi connectivity index (χ0) is 10.3. The molecule has 3 heteroatoms. The Kier molecular flexibility index (Phi) is 6.41. The number of rotatable bonds is 1. The van der Waals surface area contributed by atoms with Gasteiger partial charge in [-0.2, -0.15) is 0 Å². The highest BCUT2D eigenvalue weighted by Crippen LogP contribution is 2.15. The van der Waals surface area contributed by atoms with Gasteiger partial charge in [0.25, 0.3) is 0 Å². The number of hydrogen-bond donors (Lipinski definition) is 0. The van der Waals surface area contributed by atoms with Crippen LogP contribution in [0.25, 0.3) is 5.83 Å². The molecule has 1 heterocycles. The molecule has 0 aromatic carbocycles. The molecule has 0 N–H and O–H groups in total. The molecule has 0 amide bonds. The second-order valence-electron chi connectivity index (χ2n) is 2.00. The van der Waals surface area contributed by atoms with Gasteiger partial charge in [0.15, 0.2) is 0 Å². The Hall–Kier alpha value is -0.700. The van der Waals surface area contributed by atoms with Crippen LogP contribution in [0.2, 0.25) is 0 Å². The molecule has 0 aliphatic heterocycles. The van der Waals surface area contributed by atoms with Crippen molar-refractivity contribution in [2.75, 3.05) is 0 Å². The molecule has 1 rings (SSSR count). The van der Waals surface area contributed by atoms with E-state index in [-0.39, 0.29) is 5.83 Å². The fourth-order valence-electron chi connectivity index (χ4n) is 0.665. The number of aromatic nitrogens is 1. The third kappa shape index (κ3) is 4.18. The van der Waals surface area contributed by atoms with Crippen molar-refractivity contribution in [3.8, 4) is 0 Å². The van der Waals surface area contributed by atoms with Crippen molar-refractivity contribution in [1.29, 1.82) is 0 Å². The van der Waals surface area contributed by atoms with E-state index in [0.717, 1.165) is 4.47 Å². The standard InChI is InChI=1S/C8H7BrFN.C2H6/c1-2-7(10)8-4-3-6(9)5-11-8;1-2/h2-5H,1H3;1-2H3/b7-2-;. The van der Waals surface area contributed by atoms with Gasteiger partial charge in [-0.05, 0) is 41.1 Å². The monoisotopic (exact) mass is 245 g/mol. The maximum Gasteiger partial charge on any atom is 0.144 e. The quantitative estimate of drug-likeness (QED) is 0.723. The normalized spacial score (nSPS) is 10.4. The Bertz CT molecular complexity index is 267. The molecule has 0 unspecified atom stereocenters. The molecule has 1 aromatic heterocycles. The maximum absolute atomic E-state index is 12.8. The van der Waals surface area contributed by atoms with Crippen LogP contribution < -0.4 is 0 Å². The largest absolute Gasteiger partial charge is 0.253 e. The Labute approximate surface area is 86.8 Å². The van der Waals surface area contributed by atoms with E-state index in [1.165, 1.54) is 6.08 Å². The van der Waals surface area contributed by atoms with Crippen LogP contribution in [-0.2, 0) is 0 Å². The lowest BCUT2D eigenvalue weighted by Crippen LogP contribution is -1.82. The Balaban J connectivity index is 0.000000671. The Morgan fingerprint density at radius 1 is 1.46 bits per heavy atom. The summed E-state index contributed by atoms with van der Waals surface area (Å²) >= 11 is 3.21. The SMILES string of the molecule is C/C=C(\F)c1ccc(Br)cn1.CC. The molecule has 0 spiro atoms. The zero-order valence-corrected chi connectivity index (χ0v) is 9.60. The number of pyridine rings is 1. The topological polar surface area (TPSA) is 12.9 Å². The van der Waals surface area contributed by atoms with E-state index in [0.29, 0.717) is 5.69 Å². The molecular formula is C10H13BrFN. The third-order valence-electron chi connectivity index (χ3n) is 1.23. The van der Waals surface area contributed by atoms with Gasteiger partial charge >= 0.3 is 0 Å². The summed E-state index contributed by atoms with van der Waals surface area (Å²) in [6, 6.07) is 3.38. The molecule has 0 saturated heterocycles. The summed E-state index contributed by atoms with van der Waals surface area (Å²) in [4.78, 5) is 3.86. The minimum absolute atomic E-state index is 0.294. The predicted molar refractivity (Wildman–Crippen MR) is 58.0 cm³/mol. The lowest BCUT2D eigenvalue weighted by molar-refractivity contribution is 0.750. The van der Waals surface area contributed by atoms with Crippen LogP contribution in [0.15, 0.2) is 28.9 Å². The van der Waals surface area contributed by atoms with Crippen molar-refractivity contribution in [3.63, 3.8) is 0 Å². The van der Waals surface area contributed by atoms with E-state index in [1.54, 1.807) is 25.3 Å². The van der Waals surface area contributed by atoms with Gasteiger partial charge in [-0.15, -0.1) is 0 Å². The van der Waals surface area contributed by atoms with Crippen LogP contribution in [0, 0.1) is 0 Å². The molecule has 0 fully saturated rings. The maximum atomic E-state index is 12.8. The number of hydrogen-bond acceptors (Lipinski definition) is 1. The number of allylic oxidation sites excluding steroid dienone is 1. The van der Waals surface area contributed by atoms with E-state index in [4.69, 9.17) is 0 Å². The van der Waals surface area contributed by atoms with E-state index in [2.05, 4.69) is 20.9 Å². The molecule has 0 radical (unpaired) electrons. The van der Waals surface area contributed by atoms with Crippen LogP contribution >= 0.6 is 15.9 Å². The van der Waals surface area contributed by atoms with E-state index in [1.807, 2.05) is 13.8 Å². The lowest BCUT2D eigenvalue weighted by atomic mass is 10.3. The summed E-state index contributed by atoms with van der Waals surface area (Å²) in [6.45, 7) is 5.64. The first-order chi connectivity index (χ1) is 6.24. The first-order valence-corrected chi connectivity index (χ1v) is 4.97. The van der Waals surface area contributed by atoms with Gasteiger partial charge in [0.2, 0.25) is 0 Å². The van der Waals surface area contributed by atoms with Gasteiger partial charge in [0, 0.05) is 10.7 Å². The molecule has 0 aliphatic carbocycles. The Morgan fingerprint density at radius 2 is 2.08 bits per heavy atom. The van der Waals surface area contributed by atoms with Crippen LogP contribution in [0.3, 0.4) is 0 Å². The molecule has 13 heavy (non-hydrogen) atoms. The van der Waals surface area contributed by atoms with Crippen molar-refractivity contribution in [2.24, 2.45) is 0 Å². The van der Waals surface area contributed by atoms with Crippen molar-refractivity contribution < 1.29 is 4.39 Å². The third-order valence-corrected chi connectivity index (χ3v) is 1.69. The van der Waals surface area contributed by atoms with Crippen molar-refractivity contribution in [1.82, 2.24) is 4.98 Å². The summed E-state index contributed by atoms with van der Waals surface area (Å²) in [5.74, 6) is -0.294. The molecule has 0 aliphatic rings. The van der Waals surface area contributed by atoms with Crippen molar-refractivity contribution >= 4 is 21.8 Å². The fraction of sp³-hybridized carbons (Fsp3) is 0.300. The van der Waals surface area contributed by atoms with Crippen molar-refractivity contribution in [3.05, 3.63) is 34.6 Å². The molecule has 0 bridgehead atoms. The van der Waals surface area contributed by atoms with Gasteiger partial charge in [0.05, 0.1) is 5.69 Å². The lowest BCUT2D eigenvalue weighted by Gasteiger charge is -1.94. The molecule has 1 aromatic rings. The van der Waals surface area contributed by atoms with Gasteiger partial charge < -0.3 is 0 Å².